The topological polar surface area (TPSA) is 18.5 Å². The van der Waals surface area contributed by atoms with Crippen molar-refractivity contribution in [2.45, 2.75) is 58.1 Å². The lowest BCUT2D eigenvalue weighted by atomic mass is 9.43. The third-order valence-electron chi connectivity index (χ3n) is 6.51. The summed E-state index contributed by atoms with van der Waals surface area (Å²) in [7, 11) is -0.0182. The maximum atomic E-state index is 6.44. The zero-order valence-electron chi connectivity index (χ0n) is 13.3. The van der Waals surface area contributed by atoms with Gasteiger partial charge >= 0.3 is 7.12 Å². The third-order valence-corrected chi connectivity index (χ3v) is 6.51. The van der Waals surface area contributed by atoms with Crippen molar-refractivity contribution in [3.05, 3.63) is 35.9 Å². The van der Waals surface area contributed by atoms with Gasteiger partial charge in [0.2, 0.25) is 0 Å². The van der Waals surface area contributed by atoms with Crippen LogP contribution in [0, 0.1) is 17.3 Å². The van der Waals surface area contributed by atoms with Gasteiger partial charge < -0.3 is 9.31 Å². The summed E-state index contributed by atoms with van der Waals surface area (Å²) in [5.41, 5.74) is 1.75. The first-order valence-corrected chi connectivity index (χ1v) is 8.37. The highest BCUT2D eigenvalue weighted by molar-refractivity contribution is 6.45. The van der Waals surface area contributed by atoms with Crippen LogP contribution in [0.4, 0.5) is 0 Å². The molecule has 112 valence electrons. The van der Waals surface area contributed by atoms with Crippen molar-refractivity contribution in [3.8, 4) is 0 Å². The largest absolute Gasteiger partial charge is 0.457 e. The highest BCUT2D eigenvalue weighted by atomic mass is 16.7. The van der Waals surface area contributed by atoms with E-state index in [1.807, 2.05) is 0 Å². The van der Waals surface area contributed by atoms with E-state index in [0.29, 0.717) is 17.4 Å². The minimum absolute atomic E-state index is 0.0182. The first-order valence-electron chi connectivity index (χ1n) is 8.37. The van der Waals surface area contributed by atoms with E-state index in [-0.39, 0.29) is 12.7 Å². The molecule has 0 aromatic heterocycles. The number of hydrogen-bond acceptors (Lipinski definition) is 2. The van der Waals surface area contributed by atoms with E-state index in [1.54, 1.807) is 0 Å². The van der Waals surface area contributed by atoms with Crippen molar-refractivity contribution in [3.63, 3.8) is 0 Å². The van der Waals surface area contributed by atoms with E-state index >= 15 is 0 Å². The van der Waals surface area contributed by atoms with Gasteiger partial charge in [-0.2, -0.15) is 0 Å². The van der Waals surface area contributed by atoms with Crippen LogP contribution in [0.5, 0.6) is 0 Å². The van der Waals surface area contributed by atoms with E-state index in [4.69, 9.17) is 9.31 Å². The number of rotatable bonds is 3. The van der Waals surface area contributed by atoms with Crippen LogP contribution in [0.15, 0.2) is 30.3 Å². The molecule has 2 nitrogen and oxygen atoms in total. The Balaban J connectivity index is 1.43. The summed E-state index contributed by atoms with van der Waals surface area (Å²) in [6.45, 7) is 7.11. The van der Waals surface area contributed by atoms with Gasteiger partial charge in [-0.15, -0.1) is 0 Å². The number of benzene rings is 1. The minimum Gasteiger partial charge on any atom is -0.405 e. The zero-order valence-corrected chi connectivity index (χ0v) is 13.3. The molecule has 4 atom stereocenters. The molecular formula is C18H25BO2. The third kappa shape index (κ3) is 2.01. The Bertz CT molecular complexity index is 529. The van der Waals surface area contributed by atoms with Gasteiger partial charge in [0.15, 0.2) is 0 Å². The Morgan fingerprint density at radius 2 is 1.90 bits per heavy atom. The molecule has 4 fully saturated rings. The molecule has 21 heavy (non-hydrogen) atoms. The molecule has 1 aliphatic heterocycles. The Morgan fingerprint density at radius 3 is 2.62 bits per heavy atom. The van der Waals surface area contributed by atoms with Crippen LogP contribution >= 0.6 is 0 Å². The molecule has 0 amide bonds. The molecule has 2 unspecified atom stereocenters. The summed E-state index contributed by atoms with van der Waals surface area (Å²) in [5, 5.41) is 0. The average molecular weight is 284 g/mol. The van der Waals surface area contributed by atoms with Gasteiger partial charge in [-0.1, -0.05) is 44.2 Å². The lowest BCUT2D eigenvalue weighted by Gasteiger charge is -2.64. The summed E-state index contributed by atoms with van der Waals surface area (Å²) < 4.78 is 12.7. The molecule has 0 spiro atoms. The monoisotopic (exact) mass is 284 g/mol. The SMILES string of the molecule is CC1(C)C2C[C@H]1CC1OB(CCc3ccccc3)O[C@]12C. The predicted octanol–water partition coefficient (Wildman–Crippen LogP) is 3.96. The molecule has 3 aliphatic carbocycles. The smallest absolute Gasteiger partial charge is 0.405 e. The molecule has 0 radical (unpaired) electrons. The summed E-state index contributed by atoms with van der Waals surface area (Å²) in [6, 6.07) is 10.6. The second kappa shape index (κ2) is 4.60. The van der Waals surface area contributed by atoms with E-state index in [0.717, 1.165) is 18.7 Å². The summed E-state index contributed by atoms with van der Waals surface area (Å²) >= 11 is 0. The standard InChI is InChI=1S/C18H25BO2/c1-17(2)14-11-15(17)18(3)16(12-14)20-19(21-18)10-9-13-7-5-4-6-8-13/h4-8,14-16H,9-12H2,1-3H3/t14-,15?,16?,18-/m0/s1. The van der Waals surface area contributed by atoms with Gasteiger partial charge in [-0.3, -0.25) is 0 Å². The molecule has 1 aromatic carbocycles. The van der Waals surface area contributed by atoms with Gasteiger partial charge in [-0.05, 0) is 55.3 Å². The maximum Gasteiger partial charge on any atom is 0.457 e. The zero-order chi connectivity index (χ0) is 14.7. The van der Waals surface area contributed by atoms with E-state index in [1.165, 1.54) is 18.4 Å². The number of hydrogen-bond donors (Lipinski definition) is 0. The highest BCUT2D eigenvalue weighted by Gasteiger charge is 2.67. The molecule has 3 saturated carbocycles. The van der Waals surface area contributed by atoms with E-state index < -0.39 is 0 Å². The van der Waals surface area contributed by atoms with Crippen LogP contribution in [-0.4, -0.2) is 18.8 Å². The minimum atomic E-state index is -0.0559. The van der Waals surface area contributed by atoms with Crippen LogP contribution in [0.3, 0.4) is 0 Å². The average Bonchev–Trinajstić information content (AvgIpc) is 2.82. The molecule has 5 rings (SSSR count). The highest BCUT2D eigenvalue weighted by Crippen LogP contribution is 2.65. The fraction of sp³-hybridized carbons (Fsp3) is 0.667. The fourth-order valence-corrected chi connectivity index (χ4v) is 5.00. The van der Waals surface area contributed by atoms with Gasteiger partial charge in [0.25, 0.3) is 0 Å². The Labute approximate surface area is 128 Å². The Hall–Kier alpha value is -0.795. The summed E-state index contributed by atoms with van der Waals surface area (Å²) in [6.07, 6.45) is 4.83. The molecular weight excluding hydrogens is 259 g/mol. The Morgan fingerprint density at radius 1 is 1.14 bits per heavy atom. The normalized spacial score (nSPS) is 39.8. The van der Waals surface area contributed by atoms with Gasteiger partial charge in [0.05, 0.1) is 11.7 Å². The lowest BCUT2D eigenvalue weighted by molar-refractivity contribution is -0.199. The lowest BCUT2D eigenvalue weighted by Crippen LogP contribution is -2.65. The summed E-state index contributed by atoms with van der Waals surface area (Å²) in [4.78, 5) is 0. The van der Waals surface area contributed by atoms with Crippen molar-refractivity contribution in [1.29, 1.82) is 0 Å². The fourth-order valence-electron chi connectivity index (χ4n) is 5.00. The summed E-state index contributed by atoms with van der Waals surface area (Å²) in [5.74, 6) is 1.49. The molecule has 1 saturated heterocycles. The molecule has 4 aliphatic rings. The quantitative estimate of drug-likeness (QED) is 0.782. The van der Waals surface area contributed by atoms with Crippen molar-refractivity contribution in [2.75, 3.05) is 0 Å². The van der Waals surface area contributed by atoms with Crippen LogP contribution in [-0.2, 0) is 15.7 Å². The van der Waals surface area contributed by atoms with Crippen LogP contribution < -0.4 is 0 Å². The van der Waals surface area contributed by atoms with Gasteiger partial charge in [0.1, 0.15) is 0 Å². The second-order valence-electron chi connectivity index (χ2n) is 7.92. The molecule has 1 heterocycles. The maximum absolute atomic E-state index is 6.44. The van der Waals surface area contributed by atoms with Gasteiger partial charge in [0, 0.05) is 0 Å². The van der Waals surface area contributed by atoms with Crippen LogP contribution in [0.2, 0.25) is 6.32 Å². The van der Waals surface area contributed by atoms with E-state index in [2.05, 4.69) is 51.1 Å². The molecule has 0 N–H and O–H groups in total. The Kier molecular flexibility index (Phi) is 3.03. The first-order chi connectivity index (χ1) is 10.00. The van der Waals surface area contributed by atoms with Crippen LogP contribution in [0.25, 0.3) is 0 Å². The van der Waals surface area contributed by atoms with Crippen LogP contribution in [0.1, 0.15) is 39.2 Å². The molecule has 2 bridgehead atoms. The first kappa shape index (κ1) is 13.8. The molecule has 1 aromatic rings. The van der Waals surface area contributed by atoms with E-state index in [9.17, 15) is 0 Å². The molecule has 3 heteroatoms. The van der Waals surface area contributed by atoms with Crippen molar-refractivity contribution >= 4 is 7.12 Å². The number of aryl methyl sites for hydroxylation is 1. The second-order valence-corrected chi connectivity index (χ2v) is 7.92. The van der Waals surface area contributed by atoms with Gasteiger partial charge in [-0.25, -0.2) is 0 Å². The van der Waals surface area contributed by atoms with Crippen molar-refractivity contribution in [1.82, 2.24) is 0 Å². The predicted molar refractivity (Wildman–Crippen MR) is 85.1 cm³/mol. The van der Waals surface area contributed by atoms with Crippen molar-refractivity contribution in [2.24, 2.45) is 17.3 Å². The van der Waals surface area contributed by atoms with Crippen molar-refractivity contribution < 1.29 is 9.31 Å².